The zero-order valence-corrected chi connectivity index (χ0v) is 13.0. The van der Waals surface area contributed by atoms with E-state index in [0.29, 0.717) is 11.6 Å². The number of para-hydroxylation sites is 1. The quantitative estimate of drug-likeness (QED) is 0.626. The Labute approximate surface area is 137 Å². The van der Waals surface area contributed by atoms with E-state index in [0.717, 1.165) is 21.9 Å². The van der Waals surface area contributed by atoms with Crippen LogP contribution in [0.2, 0.25) is 0 Å². The van der Waals surface area contributed by atoms with Crippen LogP contribution in [0.25, 0.3) is 21.9 Å². The molecule has 0 saturated heterocycles. The highest BCUT2D eigenvalue weighted by Gasteiger charge is 2.09. The minimum atomic E-state index is -0.258. The van der Waals surface area contributed by atoms with Gasteiger partial charge in [0.1, 0.15) is 16.9 Å². The maximum absolute atomic E-state index is 11.9. The average molecular weight is 321 g/mol. The van der Waals surface area contributed by atoms with Gasteiger partial charge < -0.3 is 14.5 Å². The van der Waals surface area contributed by atoms with Gasteiger partial charge in [-0.2, -0.15) is 5.10 Å². The fourth-order valence-electron chi connectivity index (χ4n) is 2.60. The van der Waals surface area contributed by atoms with E-state index in [1.807, 2.05) is 36.4 Å². The molecule has 2 aromatic heterocycles. The maximum atomic E-state index is 11.9. The van der Waals surface area contributed by atoms with Gasteiger partial charge in [-0.3, -0.25) is 9.48 Å². The molecule has 0 aliphatic carbocycles. The summed E-state index contributed by atoms with van der Waals surface area (Å²) in [4.78, 5) is 11.9. The first kappa shape index (κ1) is 14.3. The molecule has 0 radical (unpaired) electrons. The number of anilines is 1. The number of fused-ring (bicyclic) bond motifs is 3. The van der Waals surface area contributed by atoms with Crippen LogP contribution in [-0.2, 0) is 11.8 Å². The molecule has 0 aliphatic rings. The molecule has 0 aliphatic heterocycles. The van der Waals surface area contributed by atoms with E-state index in [4.69, 9.17) is 9.15 Å². The Hall–Kier alpha value is -3.28. The van der Waals surface area contributed by atoms with Crippen molar-refractivity contribution in [2.75, 3.05) is 11.9 Å². The number of carbonyl (C=O) groups is 1. The number of aryl methyl sites for hydroxylation is 1. The zero-order valence-electron chi connectivity index (χ0n) is 13.0. The van der Waals surface area contributed by atoms with Gasteiger partial charge in [0.2, 0.25) is 0 Å². The first-order valence-electron chi connectivity index (χ1n) is 7.53. The van der Waals surface area contributed by atoms with E-state index < -0.39 is 0 Å². The van der Waals surface area contributed by atoms with E-state index in [9.17, 15) is 4.79 Å². The average Bonchev–Trinajstić information content (AvgIpc) is 3.16. The van der Waals surface area contributed by atoms with Crippen molar-refractivity contribution in [3.05, 3.63) is 54.7 Å². The number of rotatable bonds is 4. The highest BCUT2D eigenvalue weighted by Crippen LogP contribution is 2.31. The van der Waals surface area contributed by atoms with E-state index in [1.54, 1.807) is 30.1 Å². The van der Waals surface area contributed by atoms with E-state index in [2.05, 4.69) is 10.4 Å². The Balaban J connectivity index is 1.50. The molecule has 0 unspecified atom stereocenters. The van der Waals surface area contributed by atoms with Crippen LogP contribution in [0.1, 0.15) is 0 Å². The van der Waals surface area contributed by atoms with Gasteiger partial charge in [0, 0.05) is 30.1 Å². The van der Waals surface area contributed by atoms with Crippen molar-refractivity contribution < 1.29 is 13.9 Å². The van der Waals surface area contributed by atoms with Crippen LogP contribution in [0.5, 0.6) is 5.75 Å². The first-order valence-corrected chi connectivity index (χ1v) is 7.53. The predicted octanol–water partition coefficient (Wildman–Crippen LogP) is 3.34. The number of nitrogens with one attached hydrogen (secondary N) is 1. The third kappa shape index (κ3) is 2.69. The molecule has 6 heteroatoms. The van der Waals surface area contributed by atoms with Gasteiger partial charge in [-0.15, -0.1) is 0 Å². The summed E-state index contributed by atoms with van der Waals surface area (Å²) in [6, 6.07) is 15.1. The van der Waals surface area contributed by atoms with E-state index >= 15 is 0 Å². The van der Waals surface area contributed by atoms with Gasteiger partial charge in [-0.05, 0) is 24.3 Å². The summed E-state index contributed by atoms with van der Waals surface area (Å²) in [5.74, 6) is 0.860. The van der Waals surface area contributed by atoms with Crippen molar-refractivity contribution in [1.29, 1.82) is 0 Å². The van der Waals surface area contributed by atoms with Gasteiger partial charge in [0.15, 0.2) is 12.4 Å². The summed E-state index contributed by atoms with van der Waals surface area (Å²) < 4.78 is 13.0. The lowest BCUT2D eigenvalue weighted by Crippen LogP contribution is -2.20. The van der Waals surface area contributed by atoms with Crippen LogP contribution in [-0.4, -0.2) is 22.3 Å². The molecule has 1 N–H and O–H groups in total. The monoisotopic (exact) mass is 321 g/mol. The molecule has 0 saturated carbocycles. The molecule has 0 bridgehead atoms. The number of benzene rings is 2. The number of hydrogen-bond donors (Lipinski definition) is 1. The van der Waals surface area contributed by atoms with Crippen LogP contribution >= 0.6 is 0 Å². The lowest BCUT2D eigenvalue weighted by Gasteiger charge is -2.06. The van der Waals surface area contributed by atoms with Crippen LogP contribution < -0.4 is 10.1 Å². The van der Waals surface area contributed by atoms with Crippen molar-refractivity contribution in [2.45, 2.75) is 0 Å². The summed E-state index contributed by atoms with van der Waals surface area (Å²) in [6.45, 7) is -0.0855. The van der Waals surface area contributed by atoms with Gasteiger partial charge in [0.05, 0.1) is 0 Å². The Morgan fingerprint density at radius 1 is 1.17 bits per heavy atom. The predicted molar refractivity (Wildman–Crippen MR) is 91.1 cm³/mol. The van der Waals surface area contributed by atoms with Crippen molar-refractivity contribution >= 4 is 33.7 Å². The maximum Gasteiger partial charge on any atom is 0.263 e. The summed E-state index contributed by atoms with van der Waals surface area (Å²) in [5, 5.41) is 8.76. The largest absolute Gasteiger partial charge is 0.484 e. The molecule has 2 aromatic carbocycles. The number of ether oxygens (including phenoxy) is 1. The van der Waals surface area contributed by atoms with E-state index in [1.165, 1.54) is 0 Å². The number of hydrogen-bond acceptors (Lipinski definition) is 4. The zero-order chi connectivity index (χ0) is 16.5. The molecular weight excluding hydrogens is 306 g/mol. The minimum Gasteiger partial charge on any atom is -0.484 e. The molecule has 4 rings (SSSR count). The lowest BCUT2D eigenvalue weighted by atomic mass is 10.1. The second-order valence-electron chi connectivity index (χ2n) is 5.47. The van der Waals surface area contributed by atoms with Crippen molar-refractivity contribution in [3.8, 4) is 5.75 Å². The second-order valence-corrected chi connectivity index (χ2v) is 5.47. The SMILES string of the molecule is Cn1ccc(NC(=O)COc2ccc3oc4ccccc4c3c2)n1. The van der Waals surface area contributed by atoms with Crippen LogP contribution in [0.15, 0.2) is 59.1 Å². The highest BCUT2D eigenvalue weighted by molar-refractivity contribution is 6.05. The normalized spacial score (nSPS) is 11.0. The van der Waals surface area contributed by atoms with Gasteiger partial charge in [-0.1, -0.05) is 18.2 Å². The summed E-state index contributed by atoms with van der Waals surface area (Å²) in [7, 11) is 1.79. The van der Waals surface area contributed by atoms with Crippen LogP contribution in [0, 0.1) is 0 Å². The minimum absolute atomic E-state index is 0.0855. The first-order chi connectivity index (χ1) is 11.7. The number of aromatic nitrogens is 2. The van der Waals surface area contributed by atoms with Crippen LogP contribution in [0.3, 0.4) is 0 Å². The fraction of sp³-hybridized carbons (Fsp3) is 0.111. The van der Waals surface area contributed by atoms with Gasteiger partial charge in [0.25, 0.3) is 5.91 Å². The summed E-state index contributed by atoms with van der Waals surface area (Å²) in [5.41, 5.74) is 1.62. The number of nitrogens with zero attached hydrogens (tertiary/aromatic N) is 2. The smallest absolute Gasteiger partial charge is 0.263 e. The molecule has 120 valence electrons. The fourth-order valence-corrected chi connectivity index (χ4v) is 2.60. The van der Waals surface area contributed by atoms with Crippen LogP contribution in [0.4, 0.5) is 5.82 Å². The topological polar surface area (TPSA) is 69.3 Å². The summed E-state index contributed by atoms with van der Waals surface area (Å²) in [6.07, 6.45) is 1.76. The Kier molecular flexibility index (Phi) is 3.42. The Bertz CT molecular complexity index is 1030. The Morgan fingerprint density at radius 3 is 2.83 bits per heavy atom. The molecular formula is C18H15N3O3. The molecule has 24 heavy (non-hydrogen) atoms. The second kappa shape index (κ2) is 5.73. The Morgan fingerprint density at radius 2 is 2.00 bits per heavy atom. The third-order valence-corrected chi connectivity index (χ3v) is 3.70. The van der Waals surface area contributed by atoms with Gasteiger partial charge in [-0.25, -0.2) is 0 Å². The molecule has 2 heterocycles. The third-order valence-electron chi connectivity index (χ3n) is 3.70. The number of amides is 1. The molecule has 0 atom stereocenters. The molecule has 0 fully saturated rings. The lowest BCUT2D eigenvalue weighted by molar-refractivity contribution is -0.118. The summed E-state index contributed by atoms with van der Waals surface area (Å²) >= 11 is 0. The number of furan rings is 1. The van der Waals surface area contributed by atoms with Crippen molar-refractivity contribution in [3.63, 3.8) is 0 Å². The van der Waals surface area contributed by atoms with E-state index in [-0.39, 0.29) is 12.5 Å². The molecule has 1 amide bonds. The molecule has 6 nitrogen and oxygen atoms in total. The number of carbonyl (C=O) groups excluding carboxylic acids is 1. The molecule has 0 spiro atoms. The highest BCUT2D eigenvalue weighted by atomic mass is 16.5. The van der Waals surface area contributed by atoms with Crippen molar-refractivity contribution in [1.82, 2.24) is 9.78 Å². The standard InChI is InChI=1S/C18H15N3O3/c1-21-9-8-17(20-21)19-18(22)11-23-12-6-7-16-14(10-12)13-4-2-3-5-15(13)24-16/h2-10H,11H2,1H3,(H,19,20,22). The molecule has 4 aromatic rings. The van der Waals surface area contributed by atoms with Crippen molar-refractivity contribution in [2.24, 2.45) is 7.05 Å². The van der Waals surface area contributed by atoms with Gasteiger partial charge >= 0.3 is 0 Å².